The van der Waals surface area contributed by atoms with Gasteiger partial charge in [-0.3, -0.25) is 4.79 Å². The summed E-state index contributed by atoms with van der Waals surface area (Å²) in [6.07, 6.45) is 4.19. The lowest BCUT2D eigenvalue weighted by molar-refractivity contribution is 0.0520. The van der Waals surface area contributed by atoms with E-state index in [0.29, 0.717) is 12.5 Å². The summed E-state index contributed by atoms with van der Waals surface area (Å²) in [4.78, 5) is 14.8. The van der Waals surface area contributed by atoms with Gasteiger partial charge in [-0.25, -0.2) is 0 Å². The molecular formula is C15H24BrN3O. The summed E-state index contributed by atoms with van der Waals surface area (Å²) in [5.41, 5.74) is 6.64. The first kappa shape index (κ1) is 15.6. The maximum absolute atomic E-state index is 12.9. The van der Waals surface area contributed by atoms with Crippen LogP contribution in [0.2, 0.25) is 0 Å². The first-order valence-electron chi connectivity index (χ1n) is 7.34. The average molecular weight is 342 g/mol. The summed E-state index contributed by atoms with van der Waals surface area (Å²) in [5, 5.41) is 0. The highest BCUT2D eigenvalue weighted by Crippen LogP contribution is 2.27. The molecule has 1 aromatic rings. The van der Waals surface area contributed by atoms with Crippen LogP contribution in [0.25, 0.3) is 0 Å². The molecule has 0 aromatic carbocycles. The van der Waals surface area contributed by atoms with Gasteiger partial charge >= 0.3 is 0 Å². The molecule has 2 atom stereocenters. The van der Waals surface area contributed by atoms with Gasteiger partial charge in [0.15, 0.2) is 0 Å². The summed E-state index contributed by atoms with van der Waals surface area (Å²) in [6, 6.07) is 2.33. The van der Waals surface area contributed by atoms with Crippen LogP contribution in [-0.2, 0) is 0 Å². The number of aromatic nitrogens is 1. The van der Waals surface area contributed by atoms with E-state index in [0.717, 1.165) is 29.6 Å². The number of nitrogens with zero attached hydrogens (tertiary/aromatic N) is 2. The van der Waals surface area contributed by atoms with Gasteiger partial charge in [0.2, 0.25) is 0 Å². The maximum atomic E-state index is 12.9. The van der Waals surface area contributed by atoms with Crippen LogP contribution in [0.15, 0.2) is 16.7 Å². The lowest BCUT2D eigenvalue weighted by Gasteiger charge is -2.39. The normalized spacial score (nSPS) is 23.4. The van der Waals surface area contributed by atoms with E-state index in [4.69, 9.17) is 5.73 Å². The zero-order chi connectivity index (χ0) is 14.9. The fraction of sp³-hybridized carbons (Fsp3) is 0.667. The molecule has 2 N–H and O–H groups in total. The van der Waals surface area contributed by atoms with Crippen molar-refractivity contribution in [1.82, 2.24) is 9.47 Å². The third-order valence-corrected chi connectivity index (χ3v) is 4.64. The Labute approximate surface area is 129 Å². The Morgan fingerprint density at radius 2 is 2.25 bits per heavy atom. The Kier molecular flexibility index (Phi) is 4.91. The molecule has 5 heteroatoms. The predicted octanol–water partition coefficient (Wildman–Crippen LogP) is 3.03. The van der Waals surface area contributed by atoms with E-state index in [1.54, 1.807) is 0 Å². The van der Waals surface area contributed by atoms with Crippen LogP contribution in [0.3, 0.4) is 0 Å². The first-order valence-corrected chi connectivity index (χ1v) is 8.13. The largest absolute Gasteiger partial charge is 0.340 e. The van der Waals surface area contributed by atoms with Crippen LogP contribution in [0.4, 0.5) is 0 Å². The van der Waals surface area contributed by atoms with Crippen LogP contribution in [-0.4, -0.2) is 34.5 Å². The molecule has 0 aliphatic carbocycles. The maximum Gasteiger partial charge on any atom is 0.270 e. The van der Waals surface area contributed by atoms with Gasteiger partial charge in [0.1, 0.15) is 5.69 Å². The Hall–Kier alpha value is -0.810. The minimum atomic E-state index is 0.103. The summed E-state index contributed by atoms with van der Waals surface area (Å²) in [5.74, 6) is 0.579. The lowest BCUT2D eigenvalue weighted by atomic mass is 9.90. The Bertz CT molecular complexity index is 483. The molecule has 0 bridgehead atoms. The van der Waals surface area contributed by atoms with Crippen LogP contribution >= 0.6 is 15.9 Å². The van der Waals surface area contributed by atoms with Crippen LogP contribution in [0.5, 0.6) is 0 Å². The second-order valence-electron chi connectivity index (χ2n) is 5.97. The molecule has 2 rings (SSSR count). The van der Waals surface area contributed by atoms with Crippen LogP contribution in [0, 0.1) is 5.92 Å². The number of rotatable bonds is 3. The number of nitrogens with two attached hydrogens (primary N) is 1. The third-order valence-electron chi connectivity index (χ3n) is 4.21. The number of hydrogen-bond donors (Lipinski definition) is 1. The summed E-state index contributed by atoms with van der Waals surface area (Å²) >= 11 is 3.47. The van der Waals surface area contributed by atoms with Crippen molar-refractivity contribution in [2.24, 2.45) is 11.7 Å². The minimum absolute atomic E-state index is 0.103. The fourth-order valence-corrected chi connectivity index (χ4v) is 3.49. The van der Waals surface area contributed by atoms with Crippen molar-refractivity contribution in [2.45, 2.75) is 45.7 Å². The zero-order valence-electron chi connectivity index (χ0n) is 12.5. The zero-order valence-corrected chi connectivity index (χ0v) is 14.1. The van der Waals surface area contributed by atoms with Crippen molar-refractivity contribution in [3.05, 3.63) is 22.4 Å². The van der Waals surface area contributed by atoms with Crippen LogP contribution in [0.1, 0.15) is 50.1 Å². The van der Waals surface area contributed by atoms with Gasteiger partial charge in [-0.05, 0) is 54.6 Å². The molecule has 1 aliphatic heterocycles. The van der Waals surface area contributed by atoms with Crippen molar-refractivity contribution in [3.63, 3.8) is 0 Å². The minimum Gasteiger partial charge on any atom is -0.340 e. The number of halogens is 1. The monoisotopic (exact) mass is 341 g/mol. The predicted molar refractivity (Wildman–Crippen MR) is 84.8 cm³/mol. The fourth-order valence-electron chi connectivity index (χ4n) is 3.05. The SMILES string of the molecule is CC1CCCN(C(=O)c2cc(Br)cn2C(C)C)C1CN. The molecule has 1 aliphatic rings. The number of carbonyl (C=O) groups is 1. The molecule has 0 radical (unpaired) electrons. The van der Waals surface area contributed by atoms with E-state index in [9.17, 15) is 4.79 Å². The lowest BCUT2D eigenvalue weighted by Crippen LogP contribution is -2.51. The van der Waals surface area contributed by atoms with E-state index < -0.39 is 0 Å². The van der Waals surface area contributed by atoms with Crippen molar-refractivity contribution < 1.29 is 4.79 Å². The molecule has 1 aromatic heterocycles. The van der Waals surface area contributed by atoms with Gasteiger partial charge in [-0.2, -0.15) is 0 Å². The van der Waals surface area contributed by atoms with Crippen molar-refractivity contribution in [3.8, 4) is 0 Å². The number of piperidine rings is 1. The molecule has 2 unspecified atom stereocenters. The van der Waals surface area contributed by atoms with Crippen LogP contribution < -0.4 is 5.73 Å². The molecular weight excluding hydrogens is 318 g/mol. The number of amides is 1. The first-order chi connectivity index (χ1) is 9.45. The van der Waals surface area contributed by atoms with Crippen molar-refractivity contribution >= 4 is 21.8 Å². The third kappa shape index (κ3) is 2.93. The quantitative estimate of drug-likeness (QED) is 0.918. The summed E-state index contributed by atoms with van der Waals surface area (Å²) in [7, 11) is 0. The van der Waals surface area contributed by atoms with Gasteiger partial charge in [0.25, 0.3) is 5.91 Å². The molecule has 0 saturated carbocycles. The standard InChI is InChI=1S/C15H24BrN3O/c1-10(2)19-9-12(16)7-13(19)15(20)18-6-4-5-11(3)14(18)8-17/h7,9-11,14H,4-6,8,17H2,1-3H3. The molecule has 20 heavy (non-hydrogen) atoms. The molecule has 1 saturated heterocycles. The molecule has 2 heterocycles. The Morgan fingerprint density at radius 3 is 2.85 bits per heavy atom. The summed E-state index contributed by atoms with van der Waals surface area (Å²) < 4.78 is 2.98. The van der Waals surface area contributed by atoms with E-state index in [1.807, 2.05) is 21.7 Å². The molecule has 1 fully saturated rings. The van der Waals surface area contributed by atoms with Crippen molar-refractivity contribution in [2.75, 3.05) is 13.1 Å². The second-order valence-corrected chi connectivity index (χ2v) is 6.88. The highest BCUT2D eigenvalue weighted by Gasteiger charge is 2.32. The topological polar surface area (TPSA) is 51.3 Å². The van der Waals surface area contributed by atoms with Gasteiger partial charge in [0, 0.05) is 35.8 Å². The molecule has 112 valence electrons. The van der Waals surface area contributed by atoms with E-state index in [-0.39, 0.29) is 18.0 Å². The van der Waals surface area contributed by atoms with Gasteiger partial charge in [-0.1, -0.05) is 6.92 Å². The Morgan fingerprint density at radius 1 is 1.55 bits per heavy atom. The number of hydrogen-bond acceptors (Lipinski definition) is 2. The Balaban J connectivity index is 2.30. The average Bonchev–Trinajstić information content (AvgIpc) is 2.80. The van der Waals surface area contributed by atoms with Gasteiger partial charge in [0.05, 0.1) is 0 Å². The van der Waals surface area contributed by atoms with E-state index in [2.05, 4.69) is 36.7 Å². The second kappa shape index (κ2) is 6.31. The van der Waals surface area contributed by atoms with E-state index in [1.165, 1.54) is 0 Å². The van der Waals surface area contributed by atoms with Gasteiger partial charge in [-0.15, -0.1) is 0 Å². The highest BCUT2D eigenvalue weighted by atomic mass is 79.9. The van der Waals surface area contributed by atoms with E-state index >= 15 is 0 Å². The van der Waals surface area contributed by atoms with Crippen molar-refractivity contribution in [1.29, 1.82) is 0 Å². The number of likely N-dealkylation sites (tertiary alicyclic amines) is 1. The number of carbonyl (C=O) groups excluding carboxylic acids is 1. The molecule has 1 amide bonds. The molecule has 4 nitrogen and oxygen atoms in total. The highest BCUT2D eigenvalue weighted by molar-refractivity contribution is 9.10. The van der Waals surface area contributed by atoms with Gasteiger partial charge < -0.3 is 15.2 Å². The smallest absolute Gasteiger partial charge is 0.270 e. The summed E-state index contributed by atoms with van der Waals surface area (Å²) in [6.45, 7) is 7.71. The molecule has 0 spiro atoms.